The fourth-order valence-electron chi connectivity index (χ4n) is 2.16. The molecule has 1 aromatic heterocycles. The first-order valence-electron chi connectivity index (χ1n) is 6.99. The van der Waals surface area contributed by atoms with E-state index in [1.807, 2.05) is 6.07 Å². The lowest BCUT2D eigenvalue weighted by molar-refractivity contribution is -0.137. The number of hydrogen-bond donors (Lipinski definition) is 1. The second-order valence-electron chi connectivity index (χ2n) is 4.98. The molecule has 0 unspecified atom stereocenters. The molecule has 0 aliphatic rings. The van der Waals surface area contributed by atoms with Crippen LogP contribution in [-0.4, -0.2) is 4.98 Å². The molecule has 8 heteroatoms. The number of anilines is 1. The van der Waals surface area contributed by atoms with Gasteiger partial charge in [0.15, 0.2) is 5.13 Å². The van der Waals surface area contributed by atoms with Crippen LogP contribution in [0, 0.1) is 11.3 Å². The Labute approximate surface area is 144 Å². The number of aromatic nitrogens is 1. The summed E-state index contributed by atoms with van der Waals surface area (Å²) < 4.78 is 44.5. The minimum Gasteiger partial charge on any atom is -0.443 e. The Kier molecular flexibility index (Phi) is 4.33. The second kappa shape index (κ2) is 6.45. The highest BCUT2D eigenvalue weighted by Gasteiger charge is 2.31. The highest BCUT2D eigenvalue weighted by molar-refractivity contribution is 7.17. The molecule has 0 saturated heterocycles. The maximum absolute atomic E-state index is 12.9. The lowest BCUT2D eigenvalue weighted by atomic mass is 10.1. The minimum atomic E-state index is -4.47. The summed E-state index contributed by atoms with van der Waals surface area (Å²) in [6, 6.07) is 13.3. The van der Waals surface area contributed by atoms with Crippen molar-refractivity contribution in [2.75, 3.05) is 5.73 Å². The average Bonchev–Trinajstić information content (AvgIpc) is 2.95. The van der Waals surface area contributed by atoms with E-state index in [0.717, 1.165) is 23.5 Å². The predicted octanol–water partition coefficient (Wildman–Crippen LogP) is 5.08. The third kappa shape index (κ3) is 3.56. The van der Waals surface area contributed by atoms with Crippen LogP contribution in [0.15, 0.2) is 48.5 Å². The summed E-state index contributed by atoms with van der Waals surface area (Å²) in [7, 11) is 0. The number of benzene rings is 2. The van der Waals surface area contributed by atoms with Crippen molar-refractivity contribution in [2.45, 2.75) is 6.18 Å². The monoisotopic (exact) mass is 361 g/mol. The standard InChI is InChI=1S/C17H10F3N3OS/c18-17(19,20)12-6-3-5-10(8-12)14-15(25-16(22)23-14)24-13-7-2-1-4-11(13)9-21/h1-8H,(H2,22,23). The molecular formula is C17H10F3N3OS. The third-order valence-electron chi connectivity index (χ3n) is 3.29. The summed E-state index contributed by atoms with van der Waals surface area (Å²) in [5, 5.41) is 9.49. The van der Waals surface area contributed by atoms with Crippen molar-refractivity contribution in [3.63, 3.8) is 0 Å². The van der Waals surface area contributed by atoms with Crippen LogP contribution in [0.4, 0.5) is 18.3 Å². The molecule has 0 radical (unpaired) electrons. The maximum Gasteiger partial charge on any atom is 0.416 e. The lowest BCUT2D eigenvalue weighted by Crippen LogP contribution is -2.04. The zero-order chi connectivity index (χ0) is 18.0. The van der Waals surface area contributed by atoms with E-state index in [1.165, 1.54) is 12.1 Å². The number of hydrogen-bond acceptors (Lipinski definition) is 5. The lowest BCUT2D eigenvalue weighted by Gasteiger charge is -2.09. The number of thiazole rings is 1. The van der Waals surface area contributed by atoms with Gasteiger partial charge in [0.25, 0.3) is 0 Å². The van der Waals surface area contributed by atoms with E-state index in [2.05, 4.69) is 4.98 Å². The Morgan fingerprint density at radius 1 is 1.12 bits per heavy atom. The molecule has 0 aliphatic carbocycles. The van der Waals surface area contributed by atoms with Gasteiger partial charge in [-0.3, -0.25) is 0 Å². The molecule has 0 aliphatic heterocycles. The van der Waals surface area contributed by atoms with Crippen LogP contribution in [0.3, 0.4) is 0 Å². The van der Waals surface area contributed by atoms with Crippen molar-refractivity contribution in [3.8, 4) is 28.1 Å². The van der Waals surface area contributed by atoms with Gasteiger partial charge in [0.2, 0.25) is 5.06 Å². The summed E-state index contributed by atoms with van der Waals surface area (Å²) in [6.45, 7) is 0. The third-order valence-corrected chi connectivity index (χ3v) is 4.05. The molecule has 3 aromatic rings. The SMILES string of the molecule is N#Cc1ccccc1Oc1sc(N)nc1-c1cccc(C(F)(F)F)c1. The summed E-state index contributed by atoms with van der Waals surface area (Å²) in [5.74, 6) is 0.280. The van der Waals surface area contributed by atoms with Crippen LogP contribution >= 0.6 is 11.3 Å². The van der Waals surface area contributed by atoms with Crippen LogP contribution in [0.2, 0.25) is 0 Å². The van der Waals surface area contributed by atoms with Crippen molar-refractivity contribution < 1.29 is 17.9 Å². The van der Waals surface area contributed by atoms with E-state index in [4.69, 9.17) is 15.7 Å². The van der Waals surface area contributed by atoms with Crippen LogP contribution in [0.5, 0.6) is 10.8 Å². The number of nitrogen functional groups attached to an aromatic ring is 1. The summed E-state index contributed by atoms with van der Waals surface area (Å²) in [6.07, 6.45) is -4.47. The molecular weight excluding hydrogens is 351 g/mol. The summed E-state index contributed by atoms with van der Waals surface area (Å²) in [4.78, 5) is 4.08. The van der Waals surface area contributed by atoms with E-state index in [1.54, 1.807) is 24.3 Å². The summed E-state index contributed by atoms with van der Waals surface area (Å²) >= 11 is 0.990. The molecule has 126 valence electrons. The van der Waals surface area contributed by atoms with Crippen molar-refractivity contribution in [3.05, 3.63) is 59.7 Å². The fourth-order valence-corrected chi connectivity index (χ4v) is 2.88. The van der Waals surface area contributed by atoms with Crippen molar-refractivity contribution in [1.82, 2.24) is 4.98 Å². The zero-order valence-corrected chi connectivity index (χ0v) is 13.4. The predicted molar refractivity (Wildman–Crippen MR) is 88.2 cm³/mol. The van der Waals surface area contributed by atoms with Gasteiger partial charge in [-0.05, 0) is 24.3 Å². The molecule has 4 nitrogen and oxygen atoms in total. The van der Waals surface area contributed by atoms with Crippen molar-refractivity contribution in [2.24, 2.45) is 0 Å². The molecule has 0 fully saturated rings. The number of para-hydroxylation sites is 1. The molecule has 2 N–H and O–H groups in total. The molecule has 2 aromatic carbocycles. The van der Waals surface area contributed by atoms with Crippen molar-refractivity contribution >= 4 is 16.5 Å². The van der Waals surface area contributed by atoms with E-state index in [0.29, 0.717) is 5.56 Å². The Morgan fingerprint density at radius 2 is 1.88 bits per heavy atom. The second-order valence-corrected chi connectivity index (χ2v) is 5.97. The van der Waals surface area contributed by atoms with Gasteiger partial charge in [0.1, 0.15) is 17.5 Å². The van der Waals surface area contributed by atoms with E-state index >= 15 is 0 Å². The van der Waals surface area contributed by atoms with Crippen LogP contribution in [0.25, 0.3) is 11.3 Å². The molecule has 1 heterocycles. The number of halogens is 3. The number of nitriles is 1. The highest BCUT2D eigenvalue weighted by atomic mass is 32.1. The van der Waals surface area contributed by atoms with E-state index < -0.39 is 11.7 Å². The minimum absolute atomic E-state index is 0.150. The first kappa shape index (κ1) is 16.8. The van der Waals surface area contributed by atoms with Crippen LogP contribution in [-0.2, 0) is 6.18 Å². The van der Waals surface area contributed by atoms with Gasteiger partial charge in [0, 0.05) is 5.56 Å². The van der Waals surface area contributed by atoms with Crippen LogP contribution in [0.1, 0.15) is 11.1 Å². The van der Waals surface area contributed by atoms with Gasteiger partial charge in [0.05, 0.1) is 11.1 Å². The fraction of sp³-hybridized carbons (Fsp3) is 0.0588. The zero-order valence-electron chi connectivity index (χ0n) is 12.5. The quantitative estimate of drug-likeness (QED) is 0.706. The first-order chi connectivity index (χ1) is 11.9. The normalized spacial score (nSPS) is 11.1. The van der Waals surface area contributed by atoms with Gasteiger partial charge >= 0.3 is 6.18 Å². The molecule has 0 spiro atoms. The Balaban J connectivity index is 2.04. The number of nitrogens with two attached hydrogens (primary N) is 1. The first-order valence-corrected chi connectivity index (χ1v) is 7.81. The molecule has 25 heavy (non-hydrogen) atoms. The largest absolute Gasteiger partial charge is 0.443 e. The highest BCUT2D eigenvalue weighted by Crippen LogP contribution is 2.41. The van der Waals surface area contributed by atoms with E-state index in [-0.39, 0.29) is 27.2 Å². The molecule has 0 amide bonds. The van der Waals surface area contributed by atoms with Gasteiger partial charge in [-0.15, -0.1) is 0 Å². The van der Waals surface area contributed by atoms with Crippen molar-refractivity contribution in [1.29, 1.82) is 5.26 Å². The van der Waals surface area contributed by atoms with Gasteiger partial charge in [-0.25, -0.2) is 4.98 Å². The molecule has 3 rings (SSSR count). The van der Waals surface area contributed by atoms with E-state index in [9.17, 15) is 13.2 Å². The number of nitrogens with zero attached hydrogens (tertiary/aromatic N) is 2. The topological polar surface area (TPSA) is 71.9 Å². The average molecular weight is 361 g/mol. The van der Waals surface area contributed by atoms with Gasteiger partial charge in [-0.2, -0.15) is 18.4 Å². The molecule has 0 saturated carbocycles. The van der Waals surface area contributed by atoms with Crippen LogP contribution < -0.4 is 10.5 Å². The Morgan fingerprint density at radius 3 is 2.60 bits per heavy atom. The Hall–Kier alpha value is -3.05. The number of alkyl halides is 3. The summed E-state index contributed by atoms with van der Waals surface area (Å²) in [5.41, 5.74) is 5.63. The maximum atomic E-state index is 12.9. The molecule has 0 bridgehead atoms. The number of ether oxygens (including phenoxy) is 1. The van der Waals surface area contributed by atoms with Gasteiger partial charge in [-0.1, -0.05) is 35.6 Å². The van der Waals surface area contributed by atoms with Gasteiger partial charge < -0.3 is 10.5 Å². The Bertz CT molecular complexity index is 960. The molecule has 0 atom stereocenters. The smallest absolute Gasteiger partial charge is 0.416 e. The number of rotatable bonds is 3.